The topological polar surface area (TPSA) is 56.8 Å². The van der Waals surface area contributed by atoms with Gasteiger partial charge in [-0.3, -0.25) is 4.79 Å². The Hall–Kier alpha value is -2.69. The SMILES string of the molecule is COc1cc(OC)cc(C(=O)N[C@@H](C)COc2ccccc2C)c1. The van der Waals surface area contributed by atoms with Gasteiger partial charge in [0.15, 0.2) is 0 Å². The van der Waals surface area contributed by atoms with E-state index in [0.717, 1.165) is 11.3 Å². The van der Waals surface area contributed by atoms with Gasteiger partial charge in [0.25, 0.3) is 5.91 Å². The minimum Gasteiger partial charge on any atom is -0.497 e. The molecule has 0 saturated carbocycles. The molecule has 0 aliphatic heterocycles. The summed E-state index contributed by atoms with van der Waals surface area (Å²) in [5, 5.41) is 2.91. The molecular formula is C19H23NO4. The molecule has 0 heterocycles. The smallest absolute Gasteiger partial charge is 0.251 e. The third-order valence-corrected chi connectivity index (χ3v) is 3.57. The second-order valence-corrected chi connectivity index (χ2v) is 5.55. The van der Waals surface area contributed by atoms with Crippen LogP contribution in [0, 0.1) is 6.92 Å². The number of amides is 1. The highest BCUT2D eigenvalue weighted by Gasteiger charge is 2.13. The number of rotatable bonds is 7. The summed E-state index contributed by atoms with van der Waals surface area (Å²) in [6, 6.07) is 12.7. The highest BCUT2D eigenvalue weighted by atomic mass is 16.5. The van der Waals surface area contributed by atoms with Crippen molar-refractivity contribution in [3.63, 3.8) is 0 Å². The second-order valence-electron chi connectivity index (χ2n) is 5.55. The molecule has 2 rings (SSSR count). The van der Waals surface area contributed by atoms with Crippen molar-refractivity contribution in [1.29, 1.82) is 0 Å². The van der Waals surface area contributed by atoms with Gasteiger partial charge in [-0.05, 0) is 37.6 Å². The number of aryl methyl sites for hydroxylation is 1. The predicted molar refractivity (Wildman–Crippen MR) is 93.1 cm³/mol. The Bertz CT molecular complexity index is 677. The Balaban J connectivity index is 1.97. The van der Waals surface area contributed by atoms with E-state index < -0.39 is 0 Å². The maximum Gasteiger partial charge on any atom is 0.251 e. The fraction of sp³-hybridized carbons (Fsp3) is 0.316. The first-order valence-corrected chi connectivity index (χ1v) is 7.76. The monoisotopic (exact) mass is 329 g/mol. The second kappa shape index (κ2) is 8.24. The van der Waals surface area contributed by atoms with Crippen molar-refractivity contribution in [3.05, 3.63) is 53.6 Å². The summed E-state index contributed by atoms with van der Waals surface area (Å²) in [4.78, 5) is 12.4. The predicted octanol–water partition coefficient (Wildman–Crippen LogP) is 3.21. The molecule has 0 unspecified atom stereocenters. The van der Waals surface area contributed by atoms with Crippen LogP contribution in [0.2, 0.25) is 0 Å². The zero-order valence-electron chi connectivity index (χ0n) is 14.5. The van der Waals surface area contributed by atoms with Gasteiger partial charge < -0.3 is 19.5 Å². The number of methoxy groups -OCH3 is 2. The summed E-state index contributed by atoms with van der Waals surface area (Å²) in [7, 11) is 3.10. The minimum absolute atomic E-state index is 0.144. The molecule has 0 aromatic heterocycles. The van der Waals surface area contributed by atoms with Gasteiger partial charge in [0.1, 0.15) is 23.9 Å². The van der Waals surface area contributed by atoms with Crippen LogP contribution in [0.15, 0.2) is 42.5 Å². The summed E-state index contributed by atoms with van der Waals surface area (Å²) >= 11 is 0. The minimum atomic E-state index is -0.201. The molecule has 128 valence electrons. The van der Waals surface area contributed by atoms with Gasteiger partial charge >= 0.3 is 0 Å². The zero-order chi connectivity index (χ0) is 17.5. The third-order valence-electron chi connectivity index (χ3n) is 3.57. The summed E-state index contributed by atoms with van der Waals surface area (Å²) in [5.74, 6) is 1.77. The number of benzene rings is 2. The molecule has 0 spiro atoms. The van der Waals surface area contributed by atoms with Gasteiger partial charge in [0, 0.05) is 11.6 Å². The molecule has 0 saturated heterocycles. The van der Waals surface area contributed by atoms with Crippen molar-refractivity contribution >= 4 is 5.91 Å². The molecule has 0 radical (unpaired) electrons. The Morgan fingerprint density at radius 1 is 1.08 bits per heavy atom. The first-order valence-electron chi connectivity index (χ1n) is 7.76. The molecule has 1 atom stereocenters. The Morgan fingerprint density at radius 3 is 2.29 bits per heavy atom. The Morgan fingerprint density at radius 2 is 1.71 bits per heavy atom. The van der Waals surface area contributed by atoms with Crippen LogP contribution in [-0.4, -0.2) is 32.8 Å². The lowest BCUT2D eigenvalue weighted by Crippen LogP contribution is -2.36. The lowest BCUT2D eigenvalue weighted by molar-refractivity contribution is 0.0926. The van der Waals surface area contributed by atoms with Crippen LogP contribution >= 0.6 is 0 Å². The molecule has 0 aliphatic rings. The van der Waals surface area contributed by atoms with E-state index in [-0.39, 0.29) is 11.9 Å². The number of carbonyl (C=O) groups is 1. The van der Waals surface area contributed by atoms with Gasteiger partial charge in [0.2, 0.25) is 0 Å². The van der Waals surface area contributed by atoms with Gasteiger partial charge in [-0.25, -0.2) is 0 Å². The normalized spacial score (nSPS) is 11.5. The standard InChI is InChI=1S/C19H23NO4/c1-13-7-5-6-8-18(13)24-12-14(2)20-19(21)15-9-16(22-3)11-17(10-15)23-4/h5-11,14H,12H2,1-4H3,(H,20,21)/t14-/m0/s1. The first-order chi connectivity index (χ1) is 11.5. The number of hydrogen-bond acceptors (Lipinski definition) is 4. The summed E-state index contributed by atoms with van der Waals surface area (Å²) < 4.78 is 16.1. The van der Waals surface area contributed by atoms with E-state index in [1.807, 2.05) is 38.1 Å². The quantitative estimate of drug-likeness (QED) is 0.847. The van der Waals surface area contributed by atoms with Crippen LogP contribution in [0.5, 0.6) is 17.2 Å². The molecule has 0 fully saturated rings. The van der Waals surface area contributed by atoms with Crippen LogP contribution in [0.4, 0.5) is 0 Å². The van der Waals surface area contributed by atoms with Crippen molar-refractivity contribution in [2.45, 2.75) is 19.9 Å². The lowest BCUT2D eigenvalue weighted by Gasteiger charge is -2.16. The molecule has 0 bridgehead atoms. The molecule has 1 amide bonds. The van der Waals surface area contributed by atoms with Crippen LogP contribution in [0.3, 0.4) is 0 Å². The van der Waals surface area contributed by atoms with E-state index in [1.165, 1.54) is 0 Å². The lowest BCUT2D eigenvalue weighted by atomic mass is 10.1. The number of nitrogens with one attached hydrogen (secondary N) is 1. The number of ether oxygens (including phenoxy) is 3. The fourth-order valence-corrected chi connectivity index (χ4v) is 2.22. The number of para-hydroxylation sites is 1. The van der Waals surface area contributed by atoms with E-state index >= 15 is 0 Å². The van der Waals surface area contributed by atoms with Crippen LogP contribution in [-0.2, 0) is 0 Å². The Labute approximate surface area is 142 Å². The molecule has 2 aromatic carbocycles. The average molecular weight is 329 g/mol. The van der Waals surface area contributed by atoms with E-state index in [2.05, 4.69) is 5.32 Å². The molecule has 5 heteroatoms. The van der Waals surface area contributed by atoms with Gasteiger partial charge in [-0.2, -0.15) is 0 Å². The van der Waals surface area contributed by atoms with Crippen LogP contribution < -0.4 is 19.5 Å². The molecular weight excluding hydrogens is 306 g/mol. The molecule has 5 nitrogen and oxygen atoms in total. The average Bonchev–Trinajstić information content (AvgIpc) is 2.60. The van der Waals surface area contributed by atoms with E-state index in [9.17, 15) is 4.79 Å². The zero-order valence-corrected chi connectivity index (χ0v) is 14.5. The maximum atomic E-state index is 12.4. The van der Waals surface area contributed by atoms with Crippen molar-refractivity contribution in [3.8, 4) is 17.2 Å². The van der Waals surface area contributed by atoms with Crippen LogP contribution in [0.1, 0.15) is 22.8 Å². The highest BCUT2D eigenvalue weighted by molar-refractivity contribution is 5.95. The van der Waals surface area contributed by atoms with Crippen molar-refractivity contribution in [1.82, 2.24) is 5.32 Å². The van der Waals surface area contributed by atoms with Gasteiger partial charge in [-0.15, -0.1) is 0 Å². The number of carbonyl (C=O) groups excluding carboxylic acids is 1. The summed E-state index contributed by atoms with van der Waals surface area (Å²) in [5.41, 5.74) is 1.54. The maximum absolute atomic E-state index is 12.4. The highest BCUT2D eigenvalue weighted by Crippen LogP contribution is 2.22. The molecule has 24 heavy (non-hydrogen) atoms. The van der Waals surface area contributed by atoms with E-state index in [4.69, 9.17) is 14.2 Å². The largest absolute Gasteiger partial charge is 0.497 e. The van der Waals surface area contributed by atoms with Gasteiger partial charge in [-0.1, -0.05) is 18.2 Å². The van der Waals surface area contributed by atoms with Crippen molar-refractivity contribution in [2.24, 2.45) is 0 Å². The van der Waals surface area contributed by atoms with Crippen molar-refractivity contribution in [2.75, 3.05) is 20.8 Å². The molecule has 0 aliphatic carbocycles. The van der Waals surface area contributed by atoms with E-state index in [1.54, 1.807) is 32.4 Å². The molecule has 2 aromatic rings. The van der Waals surface area contributed by atoms with Crippen LogP contribution in [0.25, 0.3) is 0 Å². The molecule has 1 N–H and O–H groups in total. The van der Waals surface area contributed by atoms with Gasteiger partial charge in [0.05, 0.1) is 20.3 Å². The third kappa shape index (κ3) is 4.65. The van der Waals surface area contributed by atoms with Crippen molar-refractivity contribution < 1.29 is 19.0 Å². The Kier molecular flexibility index (Phi) is 6.07. The summed E-state index contributed by atoms with van der Waals surface area (Å²) in [6.45, 7) is 4.27. The fourth-order valence-electron chi connectivity index (χ4n) is 2.22. The van der Waals surface area contributed by atoms with E-state index in [0.29, 0.717) is 23.7 Å². The first kappa shape index (κ1) is 17.7. The number of hydrogen-bond donors (Lipinski definition) is 1. The summed E-state index contributed by atoms with van der Waals surface area (Å²) in [6.07, 6.45) is 0.